The van der Waals surface area contributed by atoms with Crippen LogP contribution in [-0.2, 0) is 6.54 Å². The number of nitrogens with zero attached hydrogens (tertiary/aromatic N) is 7. The Morgan fingerprint density at radius 1 is 1.11 bits per heavy atom. The van der Waals surface area contributed by atoms with Crippen molar-refractivity contribution in [1.29, 1.82) is 0 Å². The standard InChI is InChI=1S/C27H32N8O/c1-5-12-34-26(36)22-18-29-27(31-25(22)35(34)24-8-6-7-11-28-24)30-21-9-10-23(20(4)17-21)33-15-13-32(14-16-33)19(2)3/h5-11,17-19H,1,12-16H2,2-4H3,(H,29,30,31). The molecule has 36 heavy (non-hydrogen) atoms. The molecule has 1 aliphatic rings. The van der Waals surface area contributed by atoms with Crippen molar-refractivity contribution in [1.82, 2.24) is 29.2 Å². The molecule has 0 radical (unpaired) electrons. The average molecular weight is 485 g/mol. The first-order valence-electron chi connectivity index (χ1n) is 12.3. The highest BCUT2D eigenvalue weighted by Gasteiger charge is 2.21. The van der Waals surface area contributed by atoms with Crippen molar-refractivity contribution >= 4 is 28.4 Å². The minimum absolute atomic E-state index is 0.181. The number of pyridine rings is 1. The number of anilines is 3. The number of fused-ring (bicyclic) bond motifs is 1. The minimum Gasteiger partial charge on any atom is -0.369 e. The first kappa shape index (κ1) is 23.7. The van der Waals surface area contributed by atoms with Crippen LogP contribution in [0.5, 0.6) is 0 Å². The fourth-order valence-electron chi connectivity index (χ4n) is 4.78. The summed E-state index contributed by atoms with van der Waals surface area (Å²) in [7, 11) is 0. The molecular weight excluding hydrogens is 452 g/mol. The molecule has 0 atom stereocenters. The zero-order valence-electron chi connectivity index (χ0n) is 21.1. The van der Waals surface area contributed by atoms with Gasteiger partial charge in [-0.25, -0.2) is 19.3 Å². The van der Waals surface area contributed by atoms with Gasteiger partial charge in [-0.05, 0) is 56.7 Å². The zero-order chi connectivity index (χ0) is 25.2. The quantitative estimate of drug-likeness (QED) is 0.400. The summed E-state index contributed by atoms with van der Waals surface area (Å²) in [6.07, 6.45) is 4.94. The van der Waals surface area contributed by atoms with Crippen molar-refractivity contribution in [2.45, 2.75) is 33.4 Å². The number of aromatic nitrogens is 5. The molecule has 0 bridgehead atoms. The molecule has 1 aromatic carbocycles. The molecule has 9 heteroatoms. The van der Waals surface area contributed by atoms with Gasteiger partial charge in [-0.15, -0.1) is 6.58 Å². The van der Waals surface area contributed by atoms with Crippen molar-refractivity contribution in [2.24, 2.45) is 0 Å². The summed E-state index contributed by atoms with van der Waals surface area (Å²) in [6, 6.07) is 12.5. The Bertz CT molecular complexity index is 1430. The van der Waals surface area contributed by atoms with E-state index in [9.17, 15) is 4.79 Å². The molecule has 3 aromatic heterocycles. The van der Waals surface area contributed by atoms with Crippen LogP contribution in [0.4, 0.5) is 17.3 Å². The van der Waals surface area contributed by atoms with E-state index in [4.69, 9.17) is 4.98 Å². The van der Waals surface area contributed by atoms with Crippen molar-refractivity contribution in [2.75, 3.05) is 36.4 Å². The van der Waals surface area contributed by atoms with Gasteiger partial charge in [0, 0.05) is 56.0 Å². The van der Waals surface area contributed by atoms with Gasteiger partial charge in [0.25, 0.3) is 5.56 Å². The summed E-state index contributed by atoms with van der Waals surface area (Å²) in [6.45, 7) is 15.0. The maximum absolute atomic E-state index is 13.0. The minimum atomic E-state index is -0.181. The van der Waals surface area contributed by atoms with E-state index in [2.05, 4.69) is 70.6 Å². The Labute approximate surface area is 210 Å². The summed E-state index contributed by atoms with van der Waals surface area (Å²) in [5.41, 5.74) is 3.66. The second kappa shape index (κ2) is 9.94. The number of hydrogen-bond acceptors (Lipinski definition) is 7. The summed E-state index contributed by atoms with van der Waals surface area (Å²) in [5.74, 6) is 1.02. The molecule has 0 amide bonds. The SMILES string of the molecule is C=CCn1c(=O)c2cnc(Nc3ccc(N4CCN(C(C)C)CC4)c(C)c3)nc2n1-c1ccccn1. The summed E-state index contributed by atoms with van der Waals surface area (Å²) >= 11 is 0. The third kappa shape index (κ3) is 4.49. The largest absolute Gasteiger partial charge is 0.369 e. The Kier molecular flexibility index (Phi) is 6.56. The molecular formula is C27H32N8O. The third-order valence-corrected chi connectivity index (χ3v) is 6.68. The third-order valence-electron chi connectivity index (χ3n) is 6.68. The topological polar surface area (TPSA) is 84.1 Å². The Morgan fingerprint density at radius 2 is 1.92 bits per heavy atom. The molecule has 1 fully saturated rings. The van der Waals surface area contributed by atoms with Crippen LogP contribution in [0, 0.1) is 6.92 Å². The molecule has 4 heterocycles. The van der Waals surface area contributed by atoms with Crippen LogP contribution >= 0.6 is 0 Å². The number of hydrogen-bond donors (Lipinski definition) is 1. The lowest BCUT2D eigenvalue weighted by atomic mass is 10.1. The van der Waals surface area contributed by atoms with E-state index < -0.39 is 0 Å². The first-order valence-corrected chi connectivity index (χ1v) is 12.3. The number of aryl methyl sites for hydroxylation is 1. The molecule has 1 N–H and O–H groups in total. The number of nitrogens with one attached hydrogen (secondary N) is 1. The second-order valence-corrected chi connectivity index (χ2v) is 9.35. The van der Waals surface area contributed by atoms with Gasteiger partial charge in [0.1, 0.15) is 5.39 Å². The van der Waals surface area contributed by atoms with Gasteiger partial charge < -0.3 is 10.2 Å². The van der Waals surface area contributed by atoms with Crippen LogP contribution in [0.25, 0.3) is 16.9 Å². The van der Waals surface area contributed by atoms with Crippen molar-refractivity contribution in [3.63, 3.8) is 0 Å². The number of benzene rings is 1. The van der Waals surface area contributed by atoms with E-state index in [1.807, 2.05) is 18.2 Å². The van der Waals surface area contributed by atoms with Crippen LogP contribution in [0.1, 0.15) is 19.4 Å². The van der Waals surface area contributed by atoms with Crippen LogP contribution in [0.3, 0.4) is 0 Å². The number of rotatable bonds is 7. The van der Waals surface area contributed by atoms with Gasteiger partial charge in [0.15, 0.2) is 11.5 Å². The average Bonchev–Trinajstić information content (AvgIpc) is 3.15. The van der Waals surface area contributed by atoms with Crippen molar-refractivity contribution in [3.8, 4) is 5.82 Å². The highest BCUT2D eigenvalue weighted by molar-refractivity contribution is 5.77. The number of allylic oxidation sites excluding steroid dienone is 1. The van der Waals surface area contributed by atoms with Gasteiger partial charge in [-0.1, -0.05) is 12.1 Å². The van der Waals surface area contributed by atoms with Gasteiger partial charge in [-0.2, -0.15) is 4.98 Å². The van der Waals surface area contributed by atoms with Crippen molar-refractivity contribution in [3.05, 3.63) is 77.4 Å². The maximum Gasteiger partial charge on any atom is 0.278 e. The van der Waals surface area contributed by atoms with Crippen LogP contribution < -0.4 is 15.8 Å². The summed E-state index contributed by atoms with van der Waals surface area (Å²) < 4.78 is 3.29. The fraction of sp³-hybridized carbons (Fsp3) is 0.333. The lowest BCUT2D eigenvalue weighted by Crippen LogP contribution is -2.49. The zero-order valence-corrected chi connectivity index (χ0v) is 21.1. The molecule has 186 valence electrons. The smallest absolute Gasteiger partial charge is 0.278 e. The molecule has 1 aliphatic heterocycles. The summed E-state index contributed by atoms with van der Waals surface area (Å²) in [4.78, 5) is 31.6. The molecule has 0 unspecified atom stereocenters. The summed E-state index contributed by atoms with van der Waals surface area (Å²) in [5, 5.41) is 3.74. The second-order valence-electron chi connectivity index (χ2n) is 9.35. The van der Waals surface area contributed by atoms with Crippen LogP contribution in [0.15, 0.2) is 66.2 Å². The predicted molar refractivity (Wildman–Crippen MR) is 145 cm³/mol. The molecule has 0 saturated carbocycles. The highest BCUT2D eigenvalue weighted by Crippen LogP contribution is 2.26. The van der Waals surface area contributed by atoms with Crippen molar-refractivity contribution < 1.29 is 0 Å². The predicted octanol–water partition coefficient (Wildman–Crippen LogP) is 3.75. The lowest BCUT2D eigenvalue weighted by Gasteiger charge is -2.38. The van der Waals surface area contributed by atoms with Gasteiger partial charge in [-0.3, -0.25) is 9.69 Å². The molecule has 1 saturated heterocycles. The first-order chi connectivity index (χ1) is 17.5. The normalized spacial score (nSPS) is 14.5. The van der Waals surface area contributed by atoms with E-state index >= 15 is 0 Å². The van der Waals surface area contributed by atoms with E-state index in [0.717, 1.165) is 31.9 Å². The molecule has 5 rings (SSSR count). The monoisotopic (exact) mass is 484 g/mol. The molecule has 4 aromatic rings. The highest BCUT2D eigenvalue weighted by atomic mass is 16.1. The van der Waals surface area contributed by atoms with Crippen LogP contribution in [0.2, 0.25) is 0 Å². The Hall–Kier alpha value is -3.98. The van der Waals surface area contributed by atoms with E-state index in [1.54, 1.807) is 27.8 Å². The van der Waals surface area contributed by atoms with Gasteiger partial charge in [0.2, 0.25) is 5.95 Å². The van der Waals surface area contributed by atoms with E-state index in [1.165, 1.54) is 11.3 Å². The Morgan fingerprint density at radius 3 is 2.58 bits per heavy atom. The van der Waals surface area contributed by atoms with Crippen LogP contribution in [-0.4, -0.2) is 61.4 Å². The fourth-order valence-corrected chi connectivity index (χ4v) is 4.78. The van der Waals surface area contributed by atoms with E-state index in [0.29, 0.717) is 35.4 Å². The van der Waals surface area contributed by atoms with E-state index in [-0.39, 0.29) is 5.56 Å². The lowest BCUT2D eigenvalue weighted by molar-refractivity contribution is 0.209. The Balaban J connectivity index is 1.43. The molecule has 0 aliphatic carbocycles. The molecule has 0 spiro atoms. The number of piperazine rings is 1. The van der Waals surface area contributed by atoms with Gasteiger partial charge >= 0.3 is 0 Å². The molecule has 9 nitrogen and oxygen atoms in total. The maximum atomic E-state index is 13.0. The van der Waals surface area contributed by atoms with Gasteiger partial charge in [0.05, 0.1) is 6.54 Å².